The lowest BCUT2D eigenvalue weighted by Crippen LogP contribution is -2.37. The number of aromatic nitrogens is 1. The number of nitrogens with zero attached hydrogens (tertiary/aromatic N) is 1. The minimum Gasteiger partial charge on any atom is -0.483 e. The predicted octanol–water partition coefficient (Wildman–Crippen LogP) is -0.614. The maximum absolute atomic E-state index is 12.4. The summed E-state index contributed by atoms with van der Waals surface area (Å²) in [4.78, 5) is 59.1. The van der Waals surface area contributed by atoms with Crippen molar-refractivity contribution in [3.05, 3.63) is 33.7 Å². The summed E-state index contributed by atoms with van der Waals surface area (Å²) in [7, 11) is 0. The minimum atomic E-state index is -1.44. The summed E-state index contributed by atoms with van der Waals surface area (Å²) in [6.07, 6.45) is 0.0126. The Labute approximate surface area is 140 Å². The molecule has 10 heteroatoms. The number of pyridine rings is 1. The second kappa shape index (κ2) is 6.04. The van der Waals surface area contributed by atoms with Crippen LogP contribution in [0.3, 0.4) is 0 Å². The fraction of sp³-hybridized carbons (Fsp3) is 0.400. The zero-order valence-electron chi connectivity index (χ0n) is 13.2. The van der Waals surface area contributed by atoms with Gasteiger partial charge in [-0.1, -0.05) is 0 Å². The van der Waals surface area contributed by atoms with Gasteiger partial charge in [-0.05, 0) is 25.5 Å². The summed E-state index contributed by atoms with van der Waals surface area (Å²) in [5.41, 5.74) is -2.97. The third-order valence-electron chi connectivity index (χ3n) is 4.71. The molecule has 2 fully saturated rings. The number of aliphatic carboxylic acids is 2. The summed E-state index contributed by atoms with van der Waals surface area (Å²) >= 11 is 0. The molecule has 1 aliphatic heterocycles. The summed E-state index contributed by atoms with van der Waals surface area (Å²) in [6.45, 7) is 1.03. The highest BCUT2D eigenvalue weighted by atomic mass is 16.4. The van der Waals surface area contributed by atoms with Gasteiger partial charge in [0.15, 0.2) is 0 Å². The molecule has 25 heavy (non-hydrogen) atoms. The molecule has 1 aliphatic carbocycles. The number of aromatic amines is 1. The van der Waals surface area contributed by atoms with Crippen molar-refractivity contribution in [2.75, 3.05) is 13.1 Å². The maximum atomic E-state index is 12.4. The molecule has 0 unspecified atom stereocenters. The van der Waals surface area contributed by atoms with Gasteiger partial charge < -0.3 is 25.2 Å². The standard InChI is InChI=1S/C14H14N2O6.CH2O2/c1-7-2-3-8(9(17)15-7)10(18)16-5-13(11(19)20)4-14(13,6-16)12(21)22;2-1-3/h2-3H,4-6H2,1H3,(H,15,17)(H,19,20)(H,21,22);1H,(H,2,3)/t13-,14+;. The molecule has 0 spiro atoms. The Morgan fingerprint density at radius 3 is 2.04 bits per heavy atom. The van der Waals surface area contributed by atoms with Crippen molar-refractivity contribution < 1.29 is 34.5 Å². The second-order valence-electron chi connectivity index (χ2n) is 6.10. The van der Waals surface area contributed by atoms with Gasteiger partial charge in [-0.15, -0.1) is 0 Å². The number of piperidine rings is 1. The third kappa shape index (κ3) is 2.65. The van der Waals surface area contributed by atoms with E-state index in [1.807, 2.05) is 0 Å². The molecule has 2 atom stereocenters. The highest BCUT2D eigenvalue weighted by Gasteiger charge is 2.81. The highest BCUT2D eigenvalue weighted by molar-refractivity contribution is 5.99. The molecule has 4 N–H and O–H groups in total. The monoisotopic (exact) mass is 352 g/mol. The lowest BCUT2D eigenvalue weighted by atomic mass is 9.97. The van der Waals surface area contributed by atoms with Crippen LogP contribution in [0.5, 0.6) is 0 Å². The quantitative estimate of drug-likeness (QED) is 0.523. The number of carbonyl (C=O) groups excluding carboxylic acids is 1. The SMILES string of the molecule is Cc1ccc(C(=O)N2C[C@@]3(C(=O)O)C[C@@]3(C(=O)O)C2)c(=O)[nH]1.O=CO. The van der Waals surface area contributed by atoms with Gasteiger partial charge in [0, 0.05) is 18.8 Å². The second-order valence-corrected chi connectivity index (χ2v) is 6.10. The number of hydrogen-bond acceptors (Lipinski definition) is 5. The van der Waals surface area contributed by atoms with Gasteiger partial charge in [-0.2, -0.15) is 0 Å². The van der Waals surface area contributed by atoms with Crippen LogP contribution >= 0.6 is 0 Å². The number of carboxylic acids is 2. The van der Waals surface area contributed by atoms with Gasteiger partial charge >= 0.3 is 11.9 Å². The zero-order valence-corrected chi connectivity index (χ0v) is 13.2. The number of aryl methyl sites for hydroxylation is 1. The van der Waals surface area contributed by atoms with E-state index >= 15 is 0 Å². The number of amides is 1. The molecule has 0 bridgehead atoms. The molecule has 2 heterocycles. The van der Waals surface area contributed by atoms with E-state index in [1.54, 1.807) is 13.0 Å². The van der Waals surface area contributed by atoms with Gasteiger partial charge in [0.1, 0.15) is 16.4 Å². The fourth-order valence-electron chi connectivity index (χ4n) is 3.34. The van der Waals surface area contributed by atoms with Gasteiger partial charge in [0.05, 0.1) is 0 Å². The summed E-state index contributed by atoms with van der Waals surface area (Å²) in [5.74, 6) is -3.08. The first-order valence-corrected chi connectivity index (χ1v) is 7.19. The number of carbonyl (C=O) groups is 4. The number of fused-ring (bicyclic) bond motifs is 1. The number of likely N-dealkylation sites (tertiary alicyclic amines) is 1. The lowest BCUT2D eigenvalue weighted by molar-refractivity contribution is -0.151. The van der Waals surface area contributed by atoms with E-state index in [0.29, 0.717) is 5.69 Å². The Morgan fingerprint density at radius 2 is 1.64 bits per heavy atom. The molecule has 1 saturated heterocycles. The first kappa shape index (κ1) is 18.2. The number of H-pyrrole nitrogens is 1. The van der Waals surface area contributed by atoms with Gasteiger partial charge in [0.2, 0.25) is 0 Å². The van der Waals surface area contributed by atoms with E-state index < -0.39 is 34.2 Å². The fourth-order valence-corrected chi connectivity index (χ4v) is 3.34. The van der Waals surface area contributed by atoms with Crippen molar-refractivity contribution in [3.63, 3.8) is 0 Å². The molecular formula is C15H16N2O8. The predicted molar refractivity (Wildman–Crippen MR) is 81.2 cm³/mol. The molecule has 0 aromatic carbocycles. The molecule has 2 aliphatic rings. The largest absolute Gasteiger partial charge is 0.483 e. The van der Waals surface area contributed by atoms with Crippen molar-refractivity contribution in [2.45, 2.75) is 13.3 Å². The smallest absolute Gasteiger partial charge is 0.312 e. The number of rotatable bonds is 3. The van der Waals surface area contributed by atoms with Gasteiger partial charge in [-0.25, -0.2) is 0 Å². The Kier molecular flexibility index (Phi) is 4.39. The average molecular weight is 352 g/mol. The van der Waals surface area contributed by atoms with Gasteiger partial charge in [-0.3, -0.25) is 24.0 Å². The van der Waals surface area contributed by atoms with E-state index in [-0.39, 0.29) is 31.5 Å². The molecule has 0 radical (unpaired) electrons. The number of hydrogen-bond donors (Lipinski definition) is 4. The van der Waals surface area contributed by atoms with Crippen LogP contribution in [0.1, 0.15) is 22.5 Å². The van der Waals surface area contributed by atoms with E-state index in [0.717, 1.165) is 4.90 Å². The Bertz CT molecular complexity index is 788. The summed E-state index contributed by atoms with van der Waals surface area (Å²) < 4.78 is 0. The average Bonchev–Trinajstić information content (AvgIpc) is 3.06. The van der Waals surface area contributed by atoms with Crippen LogP contribution in [-0.2, 0) is 14.4 Å². The van der Waals surface area contributed by atoms with E-state index in [4.69, 9.17) is 9.90 Å². The first-order valence-electron chi connectivity index (χ1n) is 7.19. The van der Waals surface area contributed by atoms with Crippen molar-refractivity contribution >= 4 is 24.3 Å². The molecular weight excluding hydrogens is 336 g/mol. The zero-order chi connectivity index (χ0) is 19.0. The van der Waals surface area contributed by atoms with Crippen molar-refractivity contribution in [1.82, 2.24) is 9.88 Å². The summed E-state index contributed by atoms with van der Waals surface area (Å²) in [6, 6.07) is 2.92. The van der Waals surface area contributed by atoms with E-state index in [9.17, 15) is 29.4 Å². The Hall–Kier alpha value is -3.17. The molecule has 1 aromatic heterocycles. The van der Waals surface area contributed by atoms with Crippen LogP contribution in [0.15, 0.2) is 16.9 Å². The van der Waals surface area contributed by atoms with Crippen LogP contribution < -0.4 is 5.56 Å². The molecule has 3 rings (SSSR count). The van der Waals surface area contributed by atoms with Crippen LogP contribution in [0.4, 0.5) is 0 Å². The Morgan fingerprint density at radius 1 is 1.16 bits per heavy atom. The summed E-state index contributed by atoms with van der Waals surface area (Å²) in [5, 5.41) is 25.5. The number of nitrogens with one attached hydrogen (secondary N) is 1. The number of carboxylic acid groups (broad SMARTS) is 3. The minimum absolute atomic E-state index is 0.0126. The molecule has 1 aromatic rings. The topological polar surface area (TPSA) is 165 Å². The molecule has 134 valence electrons. The van der Waals surface area contributed by atoms with Crippen molar-refractivity contribution in [1.29, 1.82) is 0 Å². The first-order chi connectivity index (χ1) is 11.6. The molecule has 1 saturated carbocycles. The van der Waals surface area contributed by atoms with Crippen molar-refractivity contribution in [3.8, 4) is 0 Å². The van der Waals surface area contributed by atoms with E-state index in [1.165, 1.54) is 6.07 Å². The van der Waals surface area contributed by atoms with Gasteiger partial charge in [0.25, 0.3) is 17.9 Å². The Balaban J connectivity index is 0.000000701. The maximum Gasteiger partial charge on any atom is 0.312 e. The normalized spacial score (nSPS) is 26.0. The van der Waals surface area contributed by atoms with Crippen LogP contribution in [0, 0.1) is 17.8 Å². The van der Waals surface area contributed by atoms with Crippen molar-refractivity contribution in [2.24, 2.45) is 10.8 Å². The highest BCUT2D eigenvalue weighted by Crippen LogP contribution is 2.68. The van der Waals surface area contributed by atoms with Crippen LogP contribution in [-0.4, -0.2) is 62.6 Å². The van der Waals surface area contributed by atoms with Crippen LogP contribution in [0.2, 0.25) is 0 Å². The van der Waals surface area contributed by atoms with Crippen LogP contribution in [0.25, 0.3) is 0 Å². The lowest BCUT2D eigenvalue weighted by Gasteiger charge is -2.19. The molecule has 10 nitrogen and oxygen atoms in total. The third-order valence-corrected chi connectivity index (χ3v) is 4.71. The molecule has 1 amide bonds. The van der Waals surface area contributed by atoms with E-state index in [2.05, 4.69) is 4.98 Å².